The number of rotatable bonds is 4. The zero-order valence-corrected chi connectivity index (χ0v) is 11.1. The van der Waals surface area contributed by atoms with E-state index in [1.54, 1.807) is 24.3 Å². The van der Waals surface area contributed by atoms with E-state index in [0.29, 0.717) is 10.7 Å². The molecule has 1 N–H and O–H groups in total. The maximum atomic E-state index is 11.7. The lowest BCUT2D eigenvalue weighted by Gasteiger charge is -2.08. The minimum atomic E-state index is -0.378. The van der Waals surface area contributed by atoms with Crippen LogP contribution in [-0.4, -0.2) is 22.5 Å². The number of hydrogen-bond acceptors (Lipinski definition) is 4. The first-order valence-corrected chi connectivity index (χ1v) is 6.06. The molecule has 0 fully saturated rings. The summed E-state index contributed by atoms with van der Waals surface area (Å²) in [6.07, 6.45) is 3.04. The lowest BCUT2D eigenvalue weighted by Crippen LogP contribution is -2.21. The SMILES string of the molecule is O=C(COc1ncccn1)Nc1cccc(Cl)c1Cl. The van der Waals surface area contributed by atoms with Crippen LogP contribution in [0.1, 0.15) is 0 Å². The topological polar surface area (TPSA) is 64.1 Å². The zero-order valence-electron chi connectivity index (χ0n) is 9.64. The third-order valence-corrected chi connectivity index (χ3v) is 2.92. The molecule has 98 valence electrons. The van der Waals surface area contributed by atoms with Crippen molar-refractivity contribution in [2.75, 3.05) is 11.9 Å². The second-order valence-corrected chi connectivity index (χ2v) is 4.25. The third kappa shape index (κ3) is 3.81. The molecular weight excluding hydrogens is 289 g/mol. The molecule has 0 saturated carbocycles. The summed E-state index contributed by atoms with van der Waals surface area (Å²) in [6.45, 7) is -0.215. The van der Waals surface area contributed by atoms with Gasteiger partial charge in [0.2, 0.25) is 0 Å². The van der Waals surface area contributed by atoms with Crippen molar-refractivity contribution >= 4 is 34.8 Å². The van der Waals surface area contributed by atoms with Crippen molar-refractivity contribution in [3.8, 4) is 6.01 Å². The van der Waals surface area contributed by atoms with Crippen LogP contribution in [0.3, 0.4) is 0 Å². The molecule has 0 aliphatic rings. The minimum Gasteiger partial charge on any atom is -0.453 e. The molecular formula is C12H9Cl2N3O2. The molecule has 1 heterocycles. The molecule has 0 bridgehead atoms. The Kier molecular flexibility index (Phi) is 4.54. The molecule has 1 aromatic carbocycles. The van der Waals surface area contributed by atoms with E-state index in [9.17, 15) is 4.79 Å². The van der Waals surface area contributed by atoms with Crippen molar-refractivity contribution in [2.24, 2.45) is 0 Å². The van der Waals surface area contributed by atoms with Crippen molar-refractivity contribution < 1.29 is 9.53 Å². The van der Waals surface area contributed by atoms with Crippen molar-refractivity contribution in [3.05, 3.63) is 46.7 Å². The smallest absolute Gasteiger partial charge is 0.316 e. The van der Waals surface area contributed by atoms with Crippen molar-refractivity contribution in [1.82, 2.24) is 9.97 Å². The number of anilines is 1. The number of carbonyl (C=O) groups is 1. The summed E-state index contributed by atoms with van der Waals surface area (Å²) >= 11 is 11.8. The van der Waals surface area contributed by atoms with E-state index in [4.69, 9.17) is 27.9 Å². The molecule has 0 unspecified atom stereocenters. The molecule has 0 aliphatic carbocycles. The molecule has 19 heavy (non-hydrogen) atoms. The Bertz CT molecular complexity index is 578. The molecule has 0 atom stereocenters. The van der Waals surface area contributed by atoms with Gasteiger partial charge in [0.05, 0.1) is 15.7 Å². The fraction of sp³-hybridized carbons (Fsp3) is 0.0833. The van der Waals surface area contributed by atoms with Crippen molar-refractivity contribution in [3.63, 3.8) is 0 Å². The molecule has 0 aliphatic heterocycles. The van der Waals surface area contributed by atoms with Gasteiger partial charge in [0.1, 0.15) is 0 Å². The second kappa shape index (κ2) is 6.36. The number of carbonyl (C=O) groups excluding carboxylic acids is 1. The van der Waals surface area contributed by atoms with E-state index >= 15 is 0 Å². The summed E-state index contributed by atoms with van der Waals surface area (Å²) < 4.78 is 5.10. The standard InChI is InChI=1S/C12H9Cl2N3O2/c13-8-3-1-4-9(11(8)14)17-10(18)7-19-12-15-5-2-6-16-12/h1-6H,7H2,(H,17,18). The van der Waals surface area contributed by atoms with Crippen molar-refractivity contribution in [2.45, 2.75) is 0 Å². The zero-order chi connectivity index (χ0) is 13.7. The van der Waals surface area contributed by atoms with Crippen LogP contribution in [0.4, 0.5) is 5.69 Å². The van der Waals surface area contributed by atoms with Crippen LogP contribution in [0.15, 0.2) is 36.7 Å². The van der Waals surface area contributed by atoms with Gasteiger partial charge in [-0.15, -0.1) is 0 Å². The van der Waals surface area contributed by atoms with Crippen LogP contribution >= 0.6 is 23.2 Å². The number of nitrogens with zero attached hydrogens (tertiary/aromatic N) is 2. The van der Waals surface area contributed by atoms with Gasteiger partial charge in [0.15, 0.2) is 6.61 Å². The number of amides is 1. The van der Waals surface area contributed by atoms with E-state index < -0.39 is 0 Å². The molecule has 7 heteroatoms. The molecule has 2 rings (SSSR count). The number of aromatic nitrogens is 2. The Hall–Kier alpha value is -1.85. The van der Waals surface area contributed by atoms with Crippen LogP contribution in [0.25, 0.3) is 0 Å². The van der Waals surface area contributed by atoms with E-state index in [1.807, 2.05) is 0 Å². The van der Waals surface area contributed by atoms with Gasteiger partial charge in [-0.25, -0.2) is 9.97 Å². The van der Waals surface area contributed by atoms with Gasteiger partial charge in [-0.3, -0.25) is 4.79 Å². The Morgan fingerprint density at radius 1 is 1.21 bits per heavy atom. The van der Waals surface area contributed by atoms with E-state index in [1.165, 1.54) is 12.4 Å². The predicted octanol–water partition coefficient (Wildman–Crippen LogP) is 2.80. The highest BCUT2D eigenvalue weighted by Gasteiger charge is 2.09. The van der Waals surface area contributed by atoms with Gasteiger partial charge in [-0.05, 0) is 18.2 Å². The van der Waals surface area contributed by atoms with Gasteiger partial charge in [0, 0.05) is 12.4 Å². The number of halogens is 2. The summed E-state index contributed by atoms with van der Waals surface area (Å²) in [5, 5.41) is 3.24. The van der Waals surface area contributed by atoms with Gasteiger partial charge in [0.25, 0.3) is 5.91 Å². The number of ether oxygens (including phenoxy) is 1. The first-order chi connectivity index (χ1) is 9.16. The van der Waals surface area contributed by atoms with Crippen LogP contribution in [0, 0.1) is 0 Å². The average Bonchev–Trinajstić information content (AvgIpc) is 2.43. The predicted molar refractivity (Wildman–Crippen MR) is 72.6 cm³/mol. The third-order valence-electron chi connectivity index (χ3n) is 2.10. The lowest BCUT2D eigenvalue weighted by molar-refractivity contribution is -0.118. The second-order valence-electron chi connectivity index (χ2n) is 3.47. The number of hydrogen-bond donors (Lipinski definition) is 1. The first-order valence-electron chi connectivity index (χ1n) is 5.30. The minimum absolute atomic E-state index is 0.134. The van der Waals surface area contributed by atoms with Gasteiger partial charge >= 0.3 is 6.01 Å². The molecule has 5 nitrogen and oxygen atoms in total. The summed E-state index contributed by atoms with van der Waals surface area (Å²) in [6, 6.07) is 6.75. The Labute approximate surface area is 119 Å². The van der Waals surface area contributed by atoms with Crippen LogP contribution in [-0.2, 0) is 4.79 Å². The van der Waals surface area contributed by atoms with Gasteiger partial charge < -0.3 is 10.1 Å². The van der Waals surface area contributed by atoms with Gasteiger partial charge in [-0.1, -0.05) is 29.3 Å². The monoisotopic (exact) mass is 297 g/mol. The summed E-state index contributed by atoms with van der Waals surface area (Å²) in [4.78, 5) is 19.3. The largest absolute Gasteiger partial charge is 0.453 e. The molecule has 0 radical (unpaired) electrons. The molecule has 0 spiro atoms. The summed E-state index contributed by atoms with van der Waals surface area (Å²) in [7, 11) is 0. The maximum Gasteiger partial charge on any atom is 0.316 e. The fourth-order valence-electron chi connectivity index (χ4n) is 1.28. The average molecular weight is 298 g/mol. The summed E-state index contributed by atoms with van der Waals surface area (Å²) in [5.41, 5.74) is 0.428. The van der Waals surface area contributed by atoms with Crippen LogP contribution in [0.2, 0.25) is 10.0 Å². The fourth-order valence-corrected chi connectivity index (χ4v) is 1.62. The normalized spacial score (nSPS) is 10.0. The Balaban J connectivity index is 1.93. The van der Waals surface area contributed by atoms with E-state index in [-0.39, 0.29) is 23.5 Å². The number of benzene rings is 1. The number of nitrogens with one attached hydrogen (secondary N) is 1. The van der Waals surface area contributed by atoms with Gasteiger partial charge in [-0.2, -0.15) is 0 Å². The quantitative estimate of drug-likeness (QED) is 0.942. The lowest BCUT2D eigenvalue weighted by atomic mass is 10.3. The molecule has 2 aromatic rings. The van der Waals surface area contributed by atoms with Crippen LogP contribution in [0.5, 0.6) is 6.01 Å². The Morgan fingerprint density at radius 3 is 2.68 bits per heavy atom. The first kappa shape index (κ1) is 13.6. The highest BCUT2D eigenvalue weighted by molar-refractivity contribution is 6.43. The summed E-state index contributed by atoms with van der Waals surface area (Å²) in [5.74, 6) is -0.378. The highest BCUT2D eigenvalue weighted by Crippen LogP contribution is 2.29. The van der Waals surface area contributed by atoms with E-state index in [0.717, 1.165) is 0 Å². The molecule has 1 amide bonds. The molecule has 1 aromatic heterocycles. The Morgan fingerprint density at radius 2 is 1.95 bits per heavy atom. The van der Waals surface area contributed by atoms with E-state index in [2.05, 4.69) is 15.3 Å². The molecule has 0 saturated heterocycles. The highest BCUT2D eigenvalue weighted by atomic mass is 35.5. The maximum absolute atomic E-state index is 11.7. The van der Waals surface area contributed by atoms with Crippen LogP contribution < -0.4 is 10.1 Å². The van der Waals surface area contributed by atoms with Crippen molar-refractivity contribution in [1.29, 1.82) is 0 Å².